The van der Waals surface area contributed by atoms with Crippen molar-refractivity contribution in [2.75, 3.05) is 0 Å². The normalized spacial score (nSPS) is 29.5. The van der Waals surface area contributed by atoms with Crippen LogP contribution in [-0.4, -0.2) is 20.4 Å². The molecule has 0 amide bonds. The molecule has 0 aromatic carbocycles. The zero-order valence-corrected chi connectivity index (χ0v) is 10.3. The molecule has 0 radical (unpaired) electrons. The first-order valence-electron chi connectivity index (χ1n) is 3.67. The highest BCUT2D eigenvalue weighted by Crippen LogP contribution is 2.34. The molecule has 1 rings (SSSR count). The monoisotopic (exact) mass is 341 g/mol. The third-order valence-corrected chi connectivity index (χ3v) is 3.51. The number of rotatable bonds is 3. The van der Waals surface area contributed by atoms with E-state index in [1.54, 1.807) is 0 Å². The van der Waals surface area contributed by atoms with Crippen LogP contribution in [-0.2, 0) is 0 Å². The van der Waals surface area contributed by atoms with E-state index in [-0.39, 0.29) is 0 Å². The number of nitrogens with zero attached hydrogens (tertiary/aromatic N) is 2. The van der Waals surface area contributed by atoms with E-state index in [1.165, 1.54) is 18.2 Å². The van der Waals surface area contributed by atoms with Gasteiger partial charge >= 0.3 is 4.45 Å². The molecule has 0 aliphatic heterocycles. The molecule has 0 saturated carbocycles. The van der Waals surface area contributed by atoms with Gasteiger partial charge in [-0.25, -0.2) is 10.1 Å². The number of allylic oxidation sites excluding steroid dienone is 2. The molecule has 2 unspecified atom stereocenters. The SMILES string of the molecule is O=[N+]([O-])NC1C(Br)=CC=CC1(Br)[N+](=O)[O-]. The van der Waals surface area contributed by atoms with Crippen LogP contribution in [0.15, 0.2) is 22.7 Å². The smallest absolute Gasteiger partial charge is 0.263 e. The van der Waals surface area contributed by atoms with Crippen LogP contribution in [0.25, 0.3) is 0 Å². The maximum Gasteiger partial charge on any atom is 0.323 e. The van der Waals surface area contributed by atoms with Gasteiger partial charge in [0.1, 0.15) is 0 Å². The number of alkyl halides is 1. The van der Waals surface area contributed by atoms with E-state index in [9.17, 15) is 20.2 Å². The molecule has 1 N–H and O–H groups in total. The zero-order valence-electron chi connectivity index (χ0n) is 7.09. The standard InChI is InChI=1S/C6H5Br2N3O4/c7-4-2-1-3-6(8,10(12)13)5(4)9-11(14)15/h1-3,5,9H. The van der Waals surface area contributed by atoms with E-state index < -0.39 is 20.4 Å². The summed E-state index contributed by atoms with van der Waals surface area (Å²) in [5, 5.41) is 20.3. The van der Waals surface area contributed by atoms with Crippen molar-refractivity contribution < 1.29 is 9.96 Å². The Balaban J connectivity index is 3.06. The first-order valence-corrected chi connectivity index (χ1v) is 5.25. The molecule has 7 nitrogen and oxygen atoms in total. The summed E-state index contributed by atoms with van der Waals surface area (Å²) in [6.45, 7) is 0. The average molecular weight is 343 g/mol. The van der Waals surface area contributed by atoms with Gasteiger partial charge in [-0.05, 0) is 6.08 Å². The molecule has 15 heavy (non-hydrogen) atoms. The lowest BCUT2D eigenvalue weighted by molar-refractivity contribution is -0.578. The highest BCUT2D eigenvalue weighted by Gasteiger charge is 2.51. The van der Waals surface area contributed by atoms with Gasteiger partial charge in [0.25, 0.3) is 0 Å². The fourth-order valence-corrected chi connectivity index (χ4v) is 2.50. The zero-order chi connectivity index (χ0) is 11.6. The second-order valence-corrected chi connectivity index (χ2v) is 4.90. The van der Waals surface area contributed by atoms with Gasteiger partial charge in [0.15, 0.2) is 5.03 Å². The Kier molecular flexibility index (Phi) is 3.45. The molecule has 2 atom stereocenters. The quantitative estimate of drug-likeness (QED) is 0.361. The van der Waals surface area contributed by atoms with Crippen LogP contribution in [0.4, 0.5) is 0 Å². The average Bonchev–Trinajstić information content (AvgIpc) is 2.11. The first kappa shape index (κ1) is 12.1. The summed E-state index contributed by atoms with van der Waals surface area (Å²) in [5.74, 6) is 0. The Morgan fingerprint density at radius 3 is 2.53 bits per heavy atom. The minimum absolute atomic E-state index is 0.329. The van der Waals surface area contributed by atoms with Gasteiger partial charge in [-0.3, -0.25) is 10.1 Å². The van der Waals surface area contributed by atoms with Crippen molar-refractivity contribution in [2.24, 2.45) is 0 Å². The van der Waals surface area contributed by atoms with E-state index in [0.717, 1.165) is 0 Å². The summed E-state index contributed by atoms with van der Waals surface area (Å²) < 4.78 is -1.39. The Bertz CT molecular complexity index is 369. The lowest BCUT2D eigenvalue weighted by Crippen LogP contribution is -2.53. The Morgan fingerprint density at radius 1 is 1.47 bits per heavy atom. The summed E-state index contributed by atoms with van der Waals surface area (Å²) in [6.07, 6.45) is 4.18. The summed E-state index contributed by atoms with van der Waals surface area (Å²) in [7, 11) is 0. The fraction of sp³-hybridized carbons (Fsp3) is 0.333. The van der Waals surface area contributed by atoms with Crippen LogP contribution in [0.3, 0.4) is 0 Å². The van der Waals surface area contributed by atoms with Crippen molar-refractivity contribution in [3.63, 3.8) is 0 Å². The lowest BCUT2D eigenvalue weighted by atomic mass is 10.0. The molecule has 0 aromatic heterocycles. The number of halogens is 2. The van der Waals surface area contributed by atoms with Crippen molar-refractivity contribution in [1.29, 1.82) is 0 Å². The fourth-order valence-electron chi connectivity index (χ4n) is 1.08. The second-order valence-electron chi connectivity index (χ2n) is 2.71. The molecule has 0 bridgehead atoms. The number of hydrogen-bond acceptors (Lipinski definition) is 4. The number of nitrogens with one attached hydrogen (secondary N) is 1. The third-order valence-electron chi connectivity index (χ3n) is 1.78. The van der Waals surface area contributed by atoms with Gasteiger partial charge < -0.3 is 0 Å². The molecule has 0 aromatic rings. The Hall–Kier alpha value is -0.960. The summed E-state index contributed by atoms with van der Waals surface area (Å²) in [5.41, 5.74) is 1.87. The predicted molar refractivity (Wildman–Crippen MR) is 58.7 cm³/mol. The highest BCUT2D eigenvalue weighted by atomic mass is 79.9. The van der Waals surface area contributed by atoms with Crippen LogP contribution in [0.5, 0.6) is 0 Å². The van der Waals surface area contributed by atoms with E-state index in [4.69, 9.17) is 0 Å². The van der Waals surface area contributed by atoms with Crippen LogP contribution < -0.4 is 5.43 Å². The van der Waals surface area contributed by atoms with Crippen LogP contribution in [0.1, 0.15) is 0 Å². The summed E-state index contributed by atoms with van der Waals surface area (Å²) >= 11 is 5.91. The van der Waals surface area contributed by atoms with Crippen molar-refractivity contribution in [2.45, 2.75) is 10.5 Å². The molecular weight excluding hydrogens is 338 g/mol. The summed E-state index contributed by atoms with van der Waals surface area (Å²) in [4.78, 5) is 20.5. The molecular formula is C6H5Br2N3O4. The largest absolute Gasteiger partial charge is 0.323 e. The molecule has 1 aliphatic rings. The van der Waals surface area contributed by atoms with Gasteiger partial charge in [-0.1, -0.05) is 22.0 Å². The van der Waals surface area contributed by atoms with Crippen molar-refractivity contribution >= 4 is 31.9 Å². The van der Waals surface area contributed by atoms with Crippen molar-refractivity contribution in [1.82, 2.24) is 5.43 Å². The Labute approximate surface area is 101 Å². The summed E-state index contributed by atoms with van der Waals surface area (Å²) in [6, 6.07) is -1.09. The van der Waals surface area contributed by atoms with Crippen LogP contribution >= 0.6 is 31.9 Å². The van der Waals surface area contributed by atoms with Gasteiger partial charge in [-0.15, -0.1) is 5.43 Å². The van der Waals surface area contributed by atoms with Crippen LogP contribution in [0, 0.1) is 20.2 Å². The van der Waals surface area contributed by atoms with Gasteiger partial charge in [-0.2, -0.15) is 0 Å². The first-order chi connectivity index (χ1) is 6.88. The molecule has 82 valence electrons. The van der Waals surface area contributed by atoms with E-state index in [2.05, 4.69) is 31.9 Å². The third kappa shape index (κ3) is 2.34. The van der Waals surface area contributed by atoms with E-state index in [0.29, 0.717) is 4.48 Å². The minimum Gasteiger partial charge on any atom is -0.263 e. The molecule has 9 heteroatoms. The number of nitro groups is 2. The van der Waals surface area contributed by atoms with Crippen molar-refractivity contribution in [3.05, 3.63) is 42.9 Å². The van der Waals surface area contributed by atoms with Gasteiger partial charge in [0.2, 0.25) is 6.04 Å². The minimum atomic E-state index is -1.71. The molecule has 0 saturated heterocycles. The number of hydrogen-bond donors (Lipinski definition) is 1. The molecule has 1 aliphatic carbocycles. The molecule has 0 spiro atoms. The molecule has 0 fully saturated rings. The predicted octanol–water partition coefficient (Wildman–Crippen LogP) is 1.35. The Morgan fingerprint density at radius 2 is 2.07 bits per heavy atom. The van der Waals surface area contributed by atoms with Crippen molar-refractivity contribution in [3.8, 4) is 0 Å². The van der Waals surface area contributed by atoms with Gasteiger partial charge in [0, 0.05) is 31.4 Å². The van der Waals surface area contributed by atoms with E-state index >= 15 is 0 Å². The number of hydrazine groups is 1. The maximum absolute atomic E-state index is 10.8. The van der Waals surface area contributed by atoms with Gasteiger partial charge in [0.05, 0.1) is 0 Å². The van der Waals surface area contributed by atoms with E-state index in [1.807, 2.05) is 5.43 Å². The topological polar surface area (TPSA) is 98.3 Å². The van der Waals surface area contributed by atoms with Crippen LogP contribution in [0.2, 0.25) is 0 Å². The second kappa shape index (κ2) is 4.27. The highest BCUT2D eigenvalue weighted by molar-refractivity contribution is 9.12. The molecule has 0 heterocycles. The lowest BCUT2D eigenvalue weighted by Gasteiger charge is -2.24. The maximum atomic E-state index is 10.8.